The van der Waals surface area contributed by atoms with Crippen LogP contribution >= 0.6 is 0 Å². The number of nitrogen functional groups attached to an aromatic ring is 4. The van der Waals surface area contributed by atoms with Gasteiger partial charge in [0.05, 0.1) is 0 Å². The SMILES string of the molecule is Nc1ccc2c3ccc(N)cc3c3c4cc(N)ccc4c4ccc(N)cc4c3c2c1. The molecule has 6 rings (SSSR count). The molecule has 0 aliphatic rings. The number of anilines is 4. The summed E-state index contributed by atoms with van der Waals surface area (Å²) in [6.07, 6.45) is 0. The molecule has 0 unspecified atom stereocenters. The summed E-state index contributed by atoms with van der Waals surface area (Å²) in [6, 6.07) is 24.3. The molecule has 0 saturated heterocycles. The molecule has 0 atom stereocenters. The van der Waals surface area contributed by atoms with E-state index in [0.717, 1.165) is 76.6 Å². The Hall–Kier alpha value is -4.18. The van der Waals surface area contributed by atoms with Crippen molar-refractivity contribution in [3.8, 4) is 0 Å². The number of rotatable bonds is 0. The van der Waals surface area contributed by atoms with E-state index in [-0.39, 0.29) is 0 Å². The Labute approximate surface area is 172 Å². The molecule has 0 aromatic heterocycles. The molecule has 0 fully saturated rings. The highest BCUT2D eigenvalue weighted by molar-refractivity contribution is 6.40. The molecule has 0 saturated carbocycles. The van der Waals surface area contributed by atoms with Gasteiger partial charge in [0, 0.05) is 22.7 Å². The lowest BCUT2D eigenvalue weighted by atomic mass is 9.86. The number of hydrogen-bond acceptors (Lipinski definition) is 4. The van der Waals surface area contributed by atoms with Gasteiger partial charge in [0.1, 0.15) is 0 Å². The first kappa shape index (κ1) is 16.7. The van der Waals surface area contributed by atoms with Crippen molar-refractivity contribution in [2.45, 2.75) is 0 Å². The second-order valence-electron chi connectivity index (χ2n) is 7.97. The minimum atomic E-state index is 0.725. The molecule has 0 aliphatic heterocycles. The summed E-state index contributed by atoms with van der Waals surface area (Å²) in [4.78, 5) is 0. The quantitative estimate of drug-likeness (QED) is 0.195. The first-order valence-corrected chi connectivity index (χ1v) is 9.86. The maximum absolute atomic E-state index is 6.23. The van der Waals surface area contributed by atoms with E-state index in [1.54, 1.807) is 0 Å². The predicted molar refractivity (Wildman–Crippen MR) is 132 cm³/mol. The molecular weight excluding hydrogens is 368 g/mol. The molecule has 4 heteroatoms. The van der Waals surface area contributed by atoms with Gasteiger partial charge in [-0.15, -0.1) is 0 Å². The highest BCUT2D eigenvalue weighted by Crippen LogP contribution is 2.45. The number of hydrogen-bond donors (Lipinski definition) is 4. The first-order valence-electron chi connectivity index (χ1n) is 9.86. The summed E-state index contributed by atoms with van der Waals surface area (Å²) in [5, 5.41) is 11.2. The topological polar surface area (TPSA) is 104 Å². The third kappa shape index (κ3) is 2.16. The standard InChI is InChI=1S/C26H20N4/c27-13-1-5-17-18-6-2-14(28)10-22(18)26-24-12-16(30)4-8-20(24)19-7-3-15(29)11-23(19)25(26)21(17)9-13/h1-12H,27-30H2. The van der Waals surface area contributed by atoms with Crippen LogP contribution in [0.25, 0.3) is 53.9 Å². The van der Waals surface area contributed by atoms with Crippen LogP contribution in [0.2, 0.25) is 0 Å². The highest BCUT2D eigenvalue weighted by atomic mass is 14.6. The van der Waals surface area contributed by atoms with Crippen molar-refractivity contribution >= 4 is 76.6 Å². The van der Waals surface area contributed by atoms with Gasteiger partial charge in [-0.3, -0.25) is 0 Å². The lowest BCUT2D eigenvalue weighted by Gasteiger charge is -2.17. The highest BCUT2D eigenvalue weighted by Gasteiger charge is 2.16. The van der Waals surface area contributed by atoms with Crippen LogP contribution in [0.3, 0.4) is 0 Å². The molecule has 0 radical (unpaired) electrons. The maximum Gasteiger partial charge on any atom is 0.0320 e. The zero-order valence-electron chi connectivity index (χ0n) is 16.2. The molecule has 30 heavy (non-hydrogen) atoms. The molecule has 0 bridgehead atoms. The Morgan fingerprint density at radius 1 is 0.300 bits per heavy atom. The third-order valence-corrected chi connectivity index (χ3v) is 6.08. The van der Waals surface area contributed by atoms with Crippen LogP contribution in [0, 0.1) is 0 Å². The Bertz CT molecular complexity index is 1430. The van der Waals surface area contributed by atoms with Crippen molar-refractivity contribution in [1.82, 2.24) is 0 Å². The smallest absolute Gasteiger partial charge is 0.0320 e. The summed E-state index contributed by atoms with van der Waals surface area (Å²) in [7, 11) is 0. The van der Waals surface area contributed by atoms with Crippen molar-refractivity contribution in [2.75, 3.05) is 22.9 Å². The molecule has 8 N–H and O–H groups in total. The van der Waals surface area contributed by atoms with Crippen LogP contribution in [0.15, 0.2) is 72.8 Å². The molecule has 6 aromatic carbocycles. The van der Waals surface area contributed by atoms with Gasteiger partial charge in [-0.25, -0.2) is 0 Å². The van der Waals surface area contributed by atoms with E-state index in [1.165, 1.54) is 0 Å². The monoisotopic (exact) mass is 388 g/mol. The van der Waals surface area contributed by atoms with Gasteiger partial charge in [-0.2, -0.15) is 0 Å². The average Bonchev–Trinajstić information content (AvgIpc) is 2.72. The van der Waals surface area contributed by atoms with Gasteiger partial charge in [0.15, 0.2) is 0 Å². The Morgan fingerprint density at radius 2 is 0.533 bits per heavy atom. The molecule has 6 aromatic rings. The van der Waals surface area contributed by atoms with Crippen molar-refractivity contribution in [1.29, 1.82) is 0 Å². The second kappa shape index (κ2) is 5.67. The van der Waals surface area contributed by atoms with Gasteiger partial charge in [0.25, 0.3) is 0 Å². The van der Waals surface area contributed by atoms with Crippen molar-refractivity contribution < 1.29 is 0 Å². The predicted octanol–water partition coefficient (Wildman–Crippen LogP) is 5.78. The Balaban J connectivity index is 2.11. The van der Waals surface area contributed by atoms with Crippen LogP contribution in [0.4, 0.5) is 22.7 Å². The number of nitrogens with two attached hydrogens (primary N) is 4. The maximum atomic E-state index is 6.23. The summed E-state index contributed by atoms with van der Waals surface area (Å²) in [5.74, 6) is 0. The molecule has 0 amide bonds. The van der Waals surface area contributed by atoms with E-state index in [0.29, 0.717) is 0 Å². The van der Waals surface area contributed by atoms with Crippen LogP contribution < -0.4 is 22.9 Å². The Morgan fingerprint density at radius 3 is 0.767 bits per heavy atom. The van der Waals surface area contributed by atoms with Crippen LogP contribution in [0.5, 0.6) is 0 Å². The zero-order valence-corrected chi connectivity index (χ0v) is 16.2. The van der Waals surface area contributed by atoms with E-state index < -0.39 is 0 Å². The molecular formula is C26H20N4. The van der Waals surface area contributed by atoms with Crippen LogP contribution in [0.1, 0.15) is 0 Å². The summed E-state index contributed by atoms with van der Waals surface area (Å²) in [6.45, 7) is 0. The van der Waals surface area contributed by atoms with E-state index in [9.17, 15) is 0 Å². The molecule has 0 heterocycles. The van der Waals surface area contributed by atoms with Gasteiger partial charge < -0.3 is 22.9 Å². The number of fused-ring (bicyclic) bond motifs is 11. The van der Waals surface area contributed by atoms with Gasteiger partial charge in [0.2, 0.25) is 0 Å². The van der Waals surface area contributed by atoms with E-state index in [4.69, 9.17) is 22.9 Å². The molecule has 0 aliphatic carbocycles. The van der Waals surface area contributed by atoms with Crippen LogP contribution in [-0.4, -0.2) is 0 Å². The van der Waals surface area contributed by atoms with E-state index in [2.05, 4.69) is 24.3 Å². The van der Waals surface area contributed by atoms with Crippen molar-refractivity contribution in [2.24, 2.45) is 0 Å². The van der Waals surface area contributed by atoms with Crippen molar-refractivity contribution in [3.05, 3.63) is 72.8 Å². The number of benzene rings is 6. The zero-order chi connectivity index (χ0) is 20.6. The average molecular weight is 388 g/mol. The normalized spacial score (nSPS) is 11.9. The van der Waals surface area contributed by atoms with Crippen LogP contribution in [-0.2, 0) is 0 Å². The van der Waals surface area contributed by atoms with Gasteiger partial charge >= 0.3 is 0 Å². The minimum Gasteiger partial charge on any atom is -0.399 e. The minimum absolute atomic E-state index is 0.725. The van der Waals surface area contributed by atoms with Gasteiger partial charge in [-0.05, 0) is 102 Å². The van der Waals surface area contributed by atoms with E-state index in [1.807, 2.05) is 48.5 Å². The summed E-state index contributed by atoms with van der Waals surface area (Å²) >= 11 is 0. The lowest BCUT2D eigenvalue weighted by molar-refractivity contribution is 1.74. The molecule has 0 spiro atoms. The van der Waals surface area contributed by atoms with Gasteiger partial charge in [-0.1, -0.05) is 24.3 Å². The second-order valence-corrected chi connectivity index (χ2v) is 7.97. The van der Waals surface area contributed by atoms with E-state index >= 15 is 0 Å². The summed E-state index contributed by atoms with van der Waals surface area (Å²) < 4.78 is 0. The lowest BCUT2D eigenvalue weighted by Crippen LogP contribution is -1.93. The first-order chi connectivity index (χ1) is 14.5. The molecule has 144 valence electrons. The fourth-order valence-corrected chi connectivity index (χ4v) is 4.84. The Kier molecular flexibility index (Phi) is 3.17. The third-order valence-electron chi connectivity index (χ3n) is 6.08. The fraction of sp³-hybridized carbons (Fsp3) is 0. The molecule has 4 nitrogen and oxygen atoms in total. The largest absolute Gasteiger partial charge is 0.399 e. The van der Waals surface area contributed by atoms with Crippen molar-refractivity contribution in [3.63, 3.8) is 0 Å². The summed E-state index contributed by atoms with van der Waals surface area (Å²) in [5.41, 5.74) is 27.8. The fourth-order valence-electron chi connectivity index (χ4n) is 4.84.